The molecule has 1 aliphatic heterocycles. The Morgan fingerprint density at radius 2 is 2.11 bits per heavy atom. The molecular formula is C13H17N5. The van der Waals surface area contributed by atoms with E-state index in [1.165, 1.54) is 12.8 Å². The van der Waals surface area contributed by atoms with Crippen molar-refractivity contribution < 1.29 is 0 Å². The molecule has 1 saturated heterocycles. The molecule has 3 rings (SSSR count). The van der Waals surface area contributed by atoms with E-state index in [9.17, 15) is 0 Å². The van der Waals surface area contributed by atoms with Gasteiger partial charge < -0.3 is 15.2 Å². The highest BCUT2D eigenvalue weighted by Gasteiger charge is 2.16. The standard InChI is InChI=1S/C13H17N5/c1-2-9-18(8-1)13-11(4-3-5-16-13)17-10-12-14-6-7-15-12/h3-7,17H,1-2,8-10H2,(H,14,15). The first-order valence-electron chi connectivity index (χ1n) is 6.35. The van der Waals surface area contributed by atoms with Crippen molar-refractivity contribution in [3.8, 4) is 0 Å². The second-order valence-corrected chi connectivity index (χ2v) is 4.46. The van der Waals surface area contributed by atoms with E-state index in [4.69, 9.17) is 0 Å². The molecule has 0 saturated carbocycles. The van der Waals surface area contributed by atoms with Gasteiger partial charge in [0.25, 0.3) is 0 Å². The average molecular weight is 243 g/mol. The molecule has 0 amide bonds. The summed E-state index contributed by atoms with van der Waals surface area (Å²) >= 11 is 0. The van der Waals surface area contributed by atoms with Gasteiger partial charge in [0, 0.05) is 31.7 Å². The lowest BCUT2D eigenvalue weighted by molar-refractivity contribution is 0.929. The van der Waals surface area contributed by atoms with Crippen LogP contribution in [0, 0.1) is 0 Å². The van der Waals surface area contributed by atoms with Crippen molar-refractivity contribution in [1.29, 1.82) is 0 Å². The van der Waals surface area contributed by atoms with Crippen molar-refractivity contribution in [3.63, 3.8) is 0 Å². The predicted molar refractivity (Wildman–Crippen MR) is 71.6 cm³/mol. The first kappa shape index (κ1) is 11.1. The van der Waals surface area contributed by atoms with E-state index in [-0.39, 0.29) is 0 Å². The van der Waals surface area contributed by atoms with Gasteiger partial charge in [0.1, 0.15) is 5.82 Å². The van der Waals surface area contributed by atoms with Gasteiger partial charge in [0.2, 0.25) is 0 Å². The predicted octanol–water partition coefficient (Wildman–Crippen LogP) is 2.02. The summed E-state index contributed by atoms with van der Waals surface area (Å²) in [5.74, 6) is 1.99. The Morgan fingerprint density at radius 3 is 2.89 bits per heavy atom. The van der Waals surface area contributed by atoms with E-state index in [0.717, 1.165) is 30.4 Å². The summed E-state index contributed by atoms with van der Waals surface area (Å²) in [7, 11) is 0. The molecule has 1 fully saturated rings. The first-order valence-corrected chi connectivity index (χ1v) is 6.35. The van der Waals surface area contributed by atoms with Gasteiger partial charge in [-0.25, -0.2) is 9.97 Å². The number of hydrogen-bond donors (Lipinski definition) is 2. The van der Waals surface area contributed by atoms with Crippen LogP contribution in [0.4, 0.5) is 11.5 Å². The number of aromatic amines is 1. The number of hydrogen-bond acceptors (Lipinski definition) is 4. The van der Waals surface area contributed by atoms with Gasteiger partial charge >= 0.3 is 0 Å². The zero-order chi connectivity index (χ0) is 12.2. The fraction of sp³-hybridized carbons (Fsp3) is 0.385. The Kier molecular flexibility index (Phi) is 3.12. The molecule has 1 aliphatic rings. The molecule has 2 N–H and O–H groups in total. The molecule has 18 heavy (non-hydrogen) atoms. The number of aromatic nitrogens is 3. The second kappa shape index (κ2) is 5.08. The molecule has 0 atom stereocenters. The third kappa shape index (κ3) is 2.30. The summed E-state index contributed by atoms with van der Waals surface area (Å²) in [5, 5.41) is 3.39. The van der Waals surface area contributed by atoms with E-state index in [0.29, 0.717) is 6.54 Å². The van der Waals surface area contributed by atoms with Gasteiger partial charge in [-0.2, -0.15) is 0 Å². The van der Waals surface area contributed by atoms with Crippen LogP contribution in [0.25, 0.3) is 0 Å². The summed E-state index contributed by atoms with van der Waals surface area (Å²) < 4.78 is 0. The molecule has 94 valence electrons. The normalized spacial score (nSPS) is 15.0. The highest BCUT2D eigenvalue weighted by molar-refractivity contribution is 5.65. The lowest BCUT2D eigenvalue weighted by Crippen LogP contribution is -2.20. The van der Waals surface area contributed by atoms with E-state index in [1.807, 2.05) is 18.5 Å². The van der Waals surface area contributed by atoms with Gasteiger partial charge in [-0.3, -0.25) is 0 Å². The number of nitrogens with zero attached hydrogens (tertiary/aromatic N) is 3. The molecule has 0 spiro atoms. The Morgan fingerprint density at radius 1 is 1.22 bits per heavy atom. The minimum Gasteiger partial charge on any atom is -0.375 e. The Labute approximate surface area is 106 Å². The Hall–Kier alpha value is -2.04. The lowest BCUT2D eigenvalue weighted by atomic mass is 10.3. The van der Waals surface area contributed by atoms with Gasteiger partial charge in [0.05, 0.1) is 12.2 Å². The smallest absolute Gasteiger partial charge is 0.151 e. The van der Waals surface area contributed by atoms with E-state index in [2.05, 4.69) is 31.2 Å². The van der Waals surface area contributed by atoms with Crippen LogP contribution in [0.1, 0.15) is 18.7 Å². The molecule has 0 unspecified atom stereocenters. The van der Waals surface area contributed by atoms with Crippen LogP contribution in [0.5, 0.6) is 0 Å². The van der Waals surface area contributed by atoms with Crippen molar-refractivity contribution in [3.05, 3.63) is 36.5 Å². The topological polar surface area (TPSA) is 56.8 Å². The summed E-state index contributed by atoms with van der Waals surface area (Å²) in [4.78, 5) is 14.1. The maximum atomic E-state index is 4.49. The fourth-order valence-corrected chi connectivity index (χ4v) is 2.29. The zero-order valence-electron chi connectivity index (χ0n) is 10.3. The van der Waals surface area contributed by atoms with Crippen LogP contribution in [-0.2, 0) is 6.54 Å². The van der Waals surface area contributed by atoms with Crippen LogP contribution in [0.2, 0.25) is 0 Å². The maximum Gasteiger partial charge on any atom is 0.151 e. The van der Waals surface area contributed by atoms with Crippen molar-refractivity contribution in [1.82, 2.24) is 15.0 Å². The number of pyridine rings is 1. The number of rotatable bonds is 4. The monoisotopic (exact) mass is 243 g/mol. The third-order valence-electron chi connectivity index (χ3n) is 3.19. The first-order chi connectivity index (χ1) is 8.93. The molecular weight excluding hydrogens is 226 g/mol. The molecule has 5 heteroatoms. The van der Waals surface area contributed by atoms with Crippen molar-refractivity contribution in [2.75, 3.05) is 23.3 Å². The Bertz CT molecular complexity index is 488. The van der Waals surface area contributed by atoms with Gasteiger partial charge in [-0.15, -0.1) is 0 Å². The lowest BCUT2D eigenvalue weighted by Gasteiger charge is -2.20. The average Bonchev–Trinajstić information content (AvgIpc) is 3.10. The molecule has 2 aromatic rings. The van der Waals surface area contributed by atoms with Gasteiger partial charge in [-0.05, 0) is 25.0 Å². The van der Waals surface area contributed by atoms with Crippen LogP contribution in [-0.4, -0.2) is 28.0 Å². The largest absolute Gasteiger partial charge is 0.375 e. The highest BCUT2D eigenvalue weighted by atomic mass is 15.2. The van der Waals surface area contributed by atoms with Crippen molar-refractivity contribution in [2.45, 2.75) is 19.4 Å². The van der Waals surface area contributed by atoms with Crippen LogP contribution in [0.3, 0.4) is 0 Å². The van der Waals surface area contributed by atoms with Crippen molar-refractivity contribution >= 4 is 11.5 Å². The molecule has 2 aromatic heterocycles. The molecule has 0 bridgehead atoms. The van der Waals surface area contributed by atoms with E-state index in [1.54, 1.807) is 6.20 Å². The molecule has 0 aromatic carbocycles. The summed E-state index contributed by atoms with van der Waals surface area (Å²) in [6.07, 6.45) is 7.97. The maximum absolute atomic E-state index is 4.49. The second-order valence-electron chi connectivity index (χ2n) is 4.46. The molecule has 0 radical (unpaired) electrons. The summed E-state index contributed by atoms with van der Waals surface area (Å²) in [6, 6.07) is 4.04. The van der Waals surface area contributed by atoms with Crippen LogP contribution < -0.4 is 10.2 Å². The molecule has 0 aliphatic carbocycles. The minimum atomic E-state index is 0.694. The fourth-order valence-electron chi connectivity index (χ4n) is 2.29. The number of imidazole rings is 1. The zero-order valence-corrected chi connectivity index (χ0v) is 10.3. The van der Waals surface area contributed by atoms with Gasteiger partial charge in [-0.1, -0.05) is 0 Å². The number of H-pyrrole nitrogens is 1. The summed E-state index contributed by atoms with van der Waals surface area (Å²) in [5.41, 5.74) is 1.08. The SMILES string of the molecule is c1cnc(N2CCCC2)c(NCc2ncc[nH]2)c1. The van der Waals surface area contributed by atoms with Crippen LogP contribution >= 0.6 is 0 Å². The number of nitrogens with one attached hydrogen (secondary N) is 2. The van der Waals surface area contributed by atoms with E-state index >= 15 is 0 Å². The quantitative estimate of drug-likeness (QED) is 0.862. The third-order valence-corrected chi connectivity index (χ3v) is 3.19. The highest BCUT2D eigenvalue weighted by Crippen LogP contribution is 2.26. The Balaban J connectivity index is 1.74. The minimum absolute atomic E-state index is 0.694. The van der Waals surface area contributed by atoms with Crippen LogP contribution in [0.15, 0.2) is 30.7 Å². The summed E-state index contributed by atoms with van der Waals surface area (Å²) in [6.45, 7) is 2.90. The van der Waals surface area contributed by atoms with Gasteiger partial charge in [0.15, 0.2) is 5.82 Å². The molecule has 5 nitrogen and oxygen atoms in total. The number of anilines is 2. The van der Waals surface area contributed by atoms with Crippen molar-refractivity contribution in [2.24, 2.45) is 0 Å². The molecule has 3 heterocycles. The van der Waals surface area contributed by atoms with E-state index < -0.39 is 0 Å².